The molecule has 27 heavy (non-hydrogen) atoms. The van der Waals surface area contributed by atoms with E-state index in [2.05, 4.69) is 23.6 Å². The summed E-state index contributed by atoms with van der Waals surface area (Å²) in [5.41, 5.74) is 3.03. The van der Waals surface area contributed by atoms with E-state index >= 15 is 0 Å². The Bertz CT molecular complexity index is 1080. The number of fused-ring (bicyclic) bond motifs is 1. The van der Waals surface area contributed by atoms with Gasteiger partial charge in [0.2, 0.25) is 0 Å². The highest BCUT2D eigenvalue weighted by atomic mass is 32.2. The molecule has 136 valence electrons. The maximum absolute atomic E-state index is 5.49. The minimum Gasteiger partial charge on any atom is -0.497 e. The molecule has 0 unspecified atom stereocenters. The number of ether oxygens (including phenoxy) is 2. The molecular weight excluding hydrogens is 376 g/mol. The number of nitrogens with zero attached hydrogens (tertiary/aromatic N) is 2. The van der Waals surface area contributed by atoms with E-state index in [0.29, 0.717) is 0 Å². The molecule has 4 rings (SSSR count). The third-order valence-corrected chi connectivity index (χ3v) is 6.02. The van der Waals surface area contributed by atoms with Gasteiger partial charge in [-0.15, -0.1) is 11.3 Å². The van der Waals surface area contributed by atoms with Gasteiger partial charge in [-0.25, -0.2) is 9.97 Å². The van der Waals surface area contributed by atoms with Crippen LogP contribution in [-0.4, -0.2) is 24.2 Å². The van der Waals surface area contributed by atoms with Crippen molar-refractivity contribution in [3.8, 4) is 22.1 Å². The summed E-state index contributed by atoms with van der Waals surface area (Å²) in [4.78, 5) is 9.48. The average Bonchev–Trinajstić information content (AvgIpc) is 3.20. The van der Waals surface area contributed by atoms with Crippen LogP contribution in [0.15, 0.2) is 65.0 Å². The number of hydrogen-bond acceptors (Lipinski definition) is 6. The normalized spacial score (nSPS) is 10.9. The summed E-state index contributed by atoms with van der Waals surface area (Å²) < 4.78 is 10.8. The quantitative estimate of drug-likeness (QED) is 0.394. The van der Waals surface area contributed by atoms with Crippen LogP contribution in [0, 0.1) is 0 Å². The summed E-state index contributed by atoms with van der Waals surface area (Å²) in [6.07, 6.45) is 0. The second-order valence-corrected chi connectivity index (χ2v) is 7.69. The minimum atomic E-state index is 0.763. The fraction of sp³-hybridized carbons (Fsp3) is 0.143. The first-order valence-electron chi connectivity index (χ1n) is 8.42. The summed E-state index contributed by atoms with van der Waals surface area (Å²) in [5, 5.41) is 5.19. The molecule has 0 amide bonds. The molecule has 0 atom stereocenters. The predicted molar refractivity (Wildman–Crippen MR) is 112 cm³/mol. The number of thiazole rings is 1. The average molecular weight is 395 g/mol. The van der Waals surface area contributed by atoms with Gasteiger partial charge in [0, 0.05) is 22.6 Å². The molecule has 0 aliphatic rings. The van der Waals surface area contributed by atoms with Gasteiger partial charge in [-0.1, -0.05) is 36.0 Å². The molecule has 2 aromatic carbocycles. The highest BCUT2D eigenvalue weighted by Crippen LogP contribution is 2.35. The zero-order valence-electron chi connectivity index (χ0n) is 15.0. The maximum Gasteiger partial charge on any atom is 0.132 e. The first kappa shape index (κ1) is 17.8. The molecule has 0 bridgehead atoms. The molecule has 4 aromatic rings. The van der Waals surface area contributed by atoms with Gasteiger partial charge in [-0.3, -0.25) is 0 Å². The van der Waals surface area contributed by atoms with Gasteiger partial charge < -0.3 is 9.47 Å². The van der Waals surface area contributed by atoms with Crippen LogP contribution < -0.4 is 9.47 Å². The van der Waals surface area contributed by atoms with Gasteiger partial charge in [0.05, 0.1) is 36.0 Å². The number of benzene rings is 2. The lowest BCUT2D eigenvalue weighted by molar-refractivity contribution is 0.395. The Morgan fingerprint density at radius 3 is 2.70 bits per heavy atom. The van der Waals surface area contributed by atoms with Crippen molar-refractivity contribution < 1.29 is 9.47 Å². The molecule has 0 saturated heterocycles. The lowest BCUT2D eigenvalue weighted by Gasteiger charge is -2.08. The Kier molecular flexibility index (Phi) is 5.27. The zero-order chi connectivity index (χ0) is 18.6. The van der Waals surface area contributed by atoms with Crippen molar-refractivity contribution in [3.05, 3.63) is 65.7 Å². The molecule has 4 nitrogen and oxygen atoms in total. The summed E-state index contributed by atoms with van der Waals surface area (Å²) >= 11 is 3.31. The lowest BCUT2D eigenvalue weighted by atomic mass is 10.2. The van der Waals surface area contributed by atoms with Gasteiger partial charge in [-0.2, -0.15) is 0 Å². The van der Waals surface area contributed by atoms with Crippen LogP contribution in [-0.2, 0) is 5.75 Å². The van der Waals surface area contributed by atoms with Crippen LogP contribution in [0.2, 0.25) is 0 Å². The van der Waals surface area contributed by atoms with E-state index in [-0.39, 0.29) is 0 Å². The molecule has 2 heterocycles. The lowest BCUT2D eigenvalue weighted by Crippen LogP contribution is -1.90. The second-order valence-electron chi connectivity index (χ2n) is 5.84. The van der Waals surface area contributed by atoms with Crippen molar-refractivity contribution in [3.63, 3.8) is 0 Å². The van der Waals surface area contributed by atoms with Gasteiger partial charge >= 0.3 is 0 Å². The molecule has 0 saturated carbocycles. The monoisotopic (exact) mass is 394 g/mol. The van der Waals surface area contributed by atoms with Crippen LogP contribution in [0.25, 0.3) is 21.5 Å². The molecule has 0 spiro atoms. The SMILES string of the molecule is COc1ccc(-c2nc(CSc3ccc4ccccc4n3)cs2)c(OC)c1. The third-order valence-electron chi connectivity index (χ3n) is 4.13. The van der Waals surface area contributed by atoms with Gasteiger partial charge in [-0.05, 0) is 24.3 Å². The zero-order valence-corrected chi connectivity index (χ0v) is 16.6. The molecule has 6 heteroatoms. The number of hydrogen-bond donors (Lipinski definition) is 0. The van der Waals surface area contributed by atoms with E-state index in [1.54, 1.807) is 37.3 Å². The highest BCUT2D eigenvalue weighted by Gasteiger charge is 2.12. The van der Waals surface area contributed by atoms with E-state index < -0.39 is 0 Å². The molecule has 0 N–H and O–H groups in total. The Labute approximate surface area is 166 Å². The van der Waals surface area contributed by atoms with Crippen LogP contribution in [0.3, 0.4) is 0 Å². The van der Waals surface area contributed by atoms with E-state index in [9.17, 15) is 0 Å². The predicted octanol–water partition coefficient (Wildman–Crippen LogP) is 5.67. The molecule has 0 fully saturated rings. The molecule has 2 aromatic heterocycles. The number of aromatic nitrogens is 2. The van der Waals surface area contributed by atoms with Gasteiger partial charge in [0.25, 0.3) is 0 Å². The summed E-state index contributed by atoms with van der Waals surface area (Å²) in [7, 11) is 3.31. The molecule has 0 aliphatic heterocycles. The van der Waals surface area contributed by atoms with Crippen LogP contribution in [0.4, 0.5) is 0 Å². The summed E-state index contributed by atoms with van der Waals surface area (Å²) in [6, 6.07) is 18.1. The van der Waals surface area contributed by atoms with E-state index in [1.165, 1.54) is 0 Å². The van der Waals surface area contributed by atoms with Gasteiger partial charge in [0.1, 0.15) is 16.5 Å². The number of methoxy groups -OCH3 is 2. The fourth-order valence-electron chi connectivity index (χ4n) is 2.75. The smallest absolute Gasteiger partial charge is 0.132 e. The molecular formula is C21H18N2O2S2. The minimum absolute atomic E-state index is 0.763. The van der Waals surface area contributed by atoms with Crippen molar-refractivity contribution in [2.24, 2.45) is 0 Å². The summed E-state index contributed by atoms with van der Waals surface area (Å²) in [5.74, 6) is 2.31. The number of pyridine rings is 1. The van der Waals surface area contributed by atoms with Gasteiger partial charge in [0.15, 0.2) is 0 Å². The first-order chi connectivity index (χ1) is 13.3. The Morgan fingerprint density at radius 2 is 1.85 bits per heavy atom. The number of thioether (sulfide) groups is 1. The number of rotatable bonds is 6. The first-order valence-corrected chi connectivity index (χ1v) is 10.3. The van der Waals surface area contributed by atoms with Crippen LogP contribution in [0.1, 0.15) is 5.69 Å². The maximum atomic E-state index is 5.49. The van der Waals surface area contributed by atoms with E-state index in [4.69, 9.17) is 19.4 Å². The Hall–Kier alpha value is -2.57. The second kappa shape index (κ2) is 7.98. The largest absolute Gasteiger partial charge is 0.497 e. The standard InChI is InChI=1S/C21H18N2O2S2/c1-24-16-8-9-17(19(11-16)25-2)21-22-15(13-27-21)12-26-20-10-7-14-5-3-4-6-18(14)23-20/h3-11,13H,12H2,1-2H3. The third kappa shape index (κ3) is 3.91. The van der Waals surface area contributed by atoms with E-state index in [0.717, 1.165) is 49.4 Å². The molecule has 0 radical (unpaired) electrons. The van der Waals surface area contributed by atoms with Crippen molar-refractivity contribution in [2.45, 2.75) is 10.8 Å². The topological polar surface area (TPSA) is 44.2 Å². The fourth-order valence-corrected chi connectivity index (χ4v) is 4.47. The van der Waals surface area contributed by atoms with Crippen molar-refractivity contribution in [1.29, 1.82) is 0 Å². The summed E-state index contributed by atoms with van der Waals surface area (Å²) in [6.45, 7) is 0. The van der Waals surface area contributed by atoms with Crippen LogP contribution >= 0.6 is 23.1 Å². The van der Waals surface area contributed by atoms with Crippen molar-refractivity contribution in [1.82, 2.24) is 9.97 Å². The van der Waals surface area contributed by atoms with Crippen LogP contribution in [0.5, 0.6) is 11.5 Å². The molecule has 0 aliphatic carbocycles. The number of para-hydroxylation sites is 1. The Morgan fingerprint density at radius 1 is 0.963 bits per heavy atom. The van der Waals surface area contributed by atoms with Crippen molar-refractivity contribution >= 4 is 34.0 Å². The van der Waals surface area contributed by atoms with E-state index in [1.807, 2.05) is 36.4 Å². The highest BCUT2D eigenvalue weighted by molar-refractivity contribution is 7.98. The van der Waals surface area contributed by atoms with Crippen molar-refractivity contribution in [2.75, 3.05) is 14.2 Å². The Balaban J connectivity index is 1.51.